The molecule has 0 saturated heterocycles. The van der Waals surface area contributed by atoms with Gasteiger partial charge in [-0.15, -0.1) is 11.8 Å². The van der Waals surface area contributed by atoms with E-state index < -0.39 is 6.03 Å². The van der Waals surface area contributed by atoms with Gasteiger partial charge in [0.15, 0.2) is 5.13 Å². The molecule has 1 rings (SSSR count). The molecule has 0 saturated carbocycles. The smallest absolute Gasteiger partial charge is 0.321 e. The van der Waals surface area contributed by atoms with Crippen LogP contribution in [0.2, 0.25) is 0 Å². The van der Waals surface area contributed by atoms with Crippen molar-refractivity contribution in [3.8, 4) is 0 Å². The summed E-state index contributed by atoms with van der Waals surface area (Å²) >= 11 is 2.61. The van der Waals surface area contributed by atoms with E-state index in [9.17, 15) is 9.59 Å². The number of amides is 3. The molecule has 0 radical (unpaired) electrons. The zero-order valence-corrected chi connectivity index (χ0v) is 11.0. The Balaban J connectivity index is 2.23. The SMILES string of the molecule is CCCNC(=O)NC(=O)CSc1cnc(N)s1. The minimum Gasteiger partial charge on any atom is -0.375 e. The normalized spacial score (nSPS) is 9.94. The maximum absolute atomic E-state index is 11.4. The van der Waals surface area contributed by atoms with Crippen LogP contribution in [0, 0.1) is 0 Å². The van der Waals surface area contributed by atoms with Crippen LogP contribution in [0.25, 0.3) is 0 Å². The van der Waals surface area contributed by atoms with Crippen molar-refractivity contribution in [1.82, 2.24) is 15.6 Å². The number of thiazole rings is 1. The van der Waals surface area contributed by atoms with Crippen molar-refractivity contribution in [2.75, 3.05) is 18.0 Å². The number of hydrogen-bond acceptors (Lipinski definition) is 6. The quantitative estimate of drug-likeness (QED) is 0.697. The lowest BCUT2D eigenvalue weighted by atomic mass is 10.5. The molecular formula is C9H14N4O2S2. The summed E-state index contributed by atoms with van der Waals surface area (Å²) in [6, 6.07) is -0.457. The van der Waals surface area contributed by atoms with E-state index in [0.717, 1.165) is 10.6 Å². The molecule has 0 aromatic carbocycles. The number of nitrogens with two attached hydrogens (primary N) is 1. The highest BCUT2D eigenvalue weighted by molar-refractivity contribution is 8.01. The third-order valence-corrected chi connectivity index (χ3v) is 3.66. The molecule has 0 aliphatic carbocycles. The molecule has 0 atom stereocenters. The maximum atomic E-state index is 11.4. The van der Waals surface area contributed by atoms with Crippen molar-refractivity contribution in [3.63, 3.8) is 0 Å². The number of anilines is 1. The van der Waals surface area contributed by atoms with E-state index in [1.54, 1.807) is 6.20 Å². The van der Waals surface area contributed by atoms with Gasteiger partial charge in [0.05, 0.1) is 16.2 Å². The highest BCUT2D eigenvalue weighted by Crippen LogP contribution is 2.25. The predicted octanol–water partition coefficient (Wildman–Crippen LogP) is 1.05. The van der Waals surface area contributed by atoms with Crippen molar-refractivity contribution in [2.24, 2.45) is 0 Å². The summed E-state index contributed by atoms with van der Waals surface area (Å²) < 4.78 is 0.853. The van der Waals surface area contributed by atoms with Crippen LogP contribution < -0.4 is 16.4 Å². The number of urea groups is 1. The lowest BCUT2D eigenvalue weighted by Crippen LogP contribution is -2.40. The summed E-state index contributed by atoms with van der Waals surface area (Å²) in [6.45, 7) is 2.49. The Morgan fingerprint density at radius 1 is 1.59 bits per heavy atom. The van der Waals surface area contributed by atoms with Gasteiger partial charge in [0.2, 0.25) is 5.91 Å². The highest BCUT2D eigenvalue weighted by Gasteiger charge is 2.08. The van der Waals surface area contributed by atoms with Crippen LogP contribution in [0.4, 0.5) is 9.93 Å². The number of imide groups is 1. The lowest BCUT2D eigenvalue weighted by Gasteiger charge is -2.04. The summed E-state index contributed by atoms with van der Waals surface area (Å²) in [5, 5.41) is 5.26. The van der Waals surface area contributed by atoms with E-state index in [2.05, 4.69) is 15.6 Å². The number of carbonyl (C=O) groups is 2. The lowest BCUT2D eigenvalue weighted by molar-refractivity contribution is -0.117. The fourth-order valence-corrected chi connectivity index (χ4v) is 2.48. The first kappa shape index (κ1) is 13.8. The molecule has 0 spiro atoms. The molecule has 0 fully saturated rings. The summed E-state index contributed by atoms with van der Waals surface area (Å²) in [5.41, 5.74) is 5.45. The highest BCUT2D eigenvalue weighted by atomic mass is 32.2. The minimum atomic E-state index is -0.457. The molecular weight excluding hydrogens is 260 g/mol. The second kappa shape index (κ2) is 7.13. The summed E-state index contributed by atoms with van der Waals surface area (Å²) in [4.78, 5) is 26.4. The first-order chi connectivity index (χ1) is 8.11. The molecule has 1 heterocycles. The van der Waals surface area contributed by atoms with Gasteiger partial charge in [-0.1, -0.05) is 18.3 Å². The van der Waals surface area contributed by atoms with Crippen molar-refractivity contribution >= 4 is 40.2 Å². The third-order valence-electron chi connectivity index (χ3n) is 1.64. The number of nitrogens with zero attached hydrogens (tertiary/aromatic N) is 1. The average Bonchev–Trinajstić information content (AvgIpc) is 2.70. The maximum Gasteiger partial charge on any atom is 0.321 e. The van der Waals surface area contributed by atoms with Gasteiger partial charge in [-0.3, -0.25) is 10.1 Å². The van der Waals surface area contributed by atoms with Gasteiger partial charge in [0.1, 0.15) is 0 Å². The van der Waals surface area contributed by atoms with E-state index in [4.69, 9.17) is 5.73 Å². The van der Waals surface area contributed by atoms with Crippen LogP contribution in [-0.2, 0) is 4.79 Å². The first-order valence-electron chi connectivity index (χ1n) is 5.03. The fraction of sp³-hybridized carbons (Fsp3) is 0.444. The van der Waals surface area contributed by atoms with Gasteiger partial charge in [-0.2, -0.15) is 0 Å². The summed E-state index contributed by atoms with van der Waals surface area (Å²) in [6.07, 6.45) is 2.44. The van der Waals surface area contributed by atoms with Gasteiger partial charge in [0.25, 0.3) is 0 Å². The molecule has 0 bridgehead atoms. The molecule has 6 nitrogen and oxygen atoms in total. The molecule has 3 amide bonds. The van der Waals surface area contributed by atoms with E-state index in [1.165, 1.54) is 23.1 Å². The number of carbonyl (C=O) groups excluding carboxylic acids is 2. The topological polar surface area (TPSA) is 97.1 Å². The molecule has 8 heteroatoms. The van der Waals surface area contributed by atoms with Crippen LogP contribution in [-0.4, -0.2) is 29.2 Å². The summed E-state index contributed by atoms with van der Waals surface area (Å²) in [7, 11) is 0. The molecule has 0 unspecified atom stereocenters. The average molecular weight is 274 g/mol. The van der Waals surface area contributed by atoms with Gasteiger partial charge >= 0.3 is 6.03 Å². The van der Waals surface area contributed by atoms with Crippen molar-refractivity contribution in [1.29, 1.82) is 0 Å². The number of thioether (sulfide) groups is 1. The molecule has 4 N–H and O–H groups in total. The Morgan fingerprint density at radius 3 is 2.94 bits per heavy atom. The van der Waals surface area contributed by atoms with E-state index in [1.807, 2.05) is 6.92 Å². The van der Waals surface area contributed by atoms with Crippen LogP contribution in [0.15, 0.2) is 10.4 Å². The van der Waals surface area contributed by atoms with E-state index in [0.29, 0.717) is 11.7 Å². The Hall–Kier alpha value is -1.28. The number of hydrogen-bond donors (Lipinski definition) is 3. The Labute approximate surface area is 107 Å². The van der Waals surface area contributed by atoms with Crippen molar-refractivity contribution < 1.29 is 9.59 Å². The molecule has 17 heavy (non-hydrogen) atoms. The van der Waals surface area contributed by atoms with Crippen LogP contribution >= 0.6 is 23.1 Å². The van der Waals surface area contributed by atoms with Gasteiger partial charge in [0, 0.05) is 6.54 Å². The minimum absolute atomic E-state index is 0.168. The Morgan fingerprint density at radius 2 is 2.35 bits per heavy atom. The van der Waals surface area contributed by atoms with Gasteiger partial charge < -0.3 is 11.1 Å². The van der Waals surface area contributed by atoms with Crippen molar-refractivity contribution in [2.45, 2.75) is 17.6 Å². The standard InChI is InChI=1S/C9H14N4O2S2/c1-2-3-11-9(15)13-6(14)5-16-7-4-12-8(10)17-7/h4H,2-3,5H2,1H3,(H2,10,12)(H2,11,13,14,15). The largest absolute Gasteiger partial charge is 0.375 e. The van der Waals surface area contributed by atoms with Gasteiger partial charge in [-0.25, -0.2) is 9.78 Å². The van der Waals surface area contributed by atoms with E-state index in [-0.39, 0.29) is 11.7 Å². The van der Waals surface area contributed by atoms with Crippen LogP contribution in [0.1, 0.15) is 13.3 Å². The van der Waals surface area contributed by atoms with Gasteiger partial charge in [-0.05, 0) is 6.42 Å². The molecule has 0 aliphatic rings. The number of rotatable bonds is 5. The second-order valence-corrected chi connectivity index (χ2v) is 5.45. The zero-order chi connectivity index (χ0) is 12.7. The first-order valence-corrected chi connectivity index (χ1v) is 6.83. The third kappa shape index (κ3) is 5.55. The van der Waals surface area contributed by atoms with Crippen LogP contribution in [0.5, 0.6) is 0 Å². The molecule has 1 aromatic heterocycles. The Bertz CT molecular complexity index is 394. The molecule has 94 valence electrons. The number of nitrogen functional groups attached to an aromatic ring is 1. The zero-order valence-electron chi connectivity index (χ0n) is 9.36. The number of aromatic nitrogens is 1. The molecule has 0 aliphatic heterocycles. The Kier molecular flexibility index (Phi) is 5.78. The predicted molar refractivity (Wildman–Crippen MR) is 69.1 cm³/mol. The second-order valence-electron chi connectivity index (χ2n) is 3.11. The molecule has 1 aromatic rings. The van der Waals surface area contributed by atoms with Crippen molar-refractivity contribution in [3.05, 3.63) is 6.20 Å². The van der Waals surface area contributed by atoms with Crippen LogP contribution in [0.3, 0.4) is 0 Å². The van der Waals surface area contributed by atoms with E-state index >= 15 is 0 Å². The summed E-state index contributed by atoms with van der Waals surface area (Å²) in [5.74, 6) is -0.170. The monoisotopic (exact) mass is 274 g/mol. The number of nitrogens with one attached hydrogen (secondary N) is 2. The fourth-order valence-electron chi connectivity index (χ4n) is 0.921.